The van der Waals surface area contributed by atoms with Crippen LogP contribution >= 0.6 is 0 Å². The van der Waals surface area contributed by atoms with Crippen LogP contribution in [0.1, 0.15) is 32.6 Å². The summed E-state index contributed by atoms with van der Waals surface area (Å²) in [5.74, 6) is 0. The van der Waals surface area contributed by atoms with E-state index in [1.807, 2.05) is 6.08 Å². The zero-order valence-electron chi connectivity index (χ0n) is 6.42. The van der Waals surface area contributed by atoms with Crippen LogP contribution in [-0.4, -0.2) is 11.1 Å². The van der Waals surface area contributed by atoms with Gasteiger partial charge in [-0.1, -0.05) is 25.8 Å². The normalized spacial score (nSPS) is 24.2. The summed E-state index contributed by atoms with van der Waals surface area (Å²) in [7, 11) is 0. The fourth-order valence-corrected chi connectivity index (χ4v) is 1.23. The molecule has 0 aromatic heterocycles. The molecule has 1 aliphatic rings. The summed E-state index contributed by atoms with van der Waals surface area (Å²) in [5, 5.41) is 12.0. The molecule has 10 heavy (non-hydrogen) atoms. The molecule has 0 amide bonds. The molecular weight excluding hydrogens is 126 g/mol. The molecule has 0 fully saturated rings. The van der Waals surface area contributed by atoms with Crippen LogP contribution in [0.4, 0.5) is 0 Å². The maximum atomic E-state index is 10.9. The number of hydrogen-bond acceptors (Lipinski definition) is 2. The van der Waals surface area contributed by atoms with Gasteiger partial charge in [-0.15, -0.1) is 0 Å². The summed E-state index contributed by atoms with van der Waals surface area (Å²) in [4.78, 5) is 0. The molecule has 0 spiro atoms. The van der Waals surface area contributed by atoms with Gasteiger partial charge in [0.15, 0.2) is 0 Å². The molecule has 58 valence electrons. The minimum Gasteiger partial charge on any atom is -0.759 e. The Morgan fingerprint density at radius 2 is 2.50 bits per heavy atom. The fraction of sp³-hybridized carbons (Fsp3) is 0.750. The lowest BCUT2D eigenvalue weighted by Gasteiger charge is -2.30. The topological polar surface area (TPSA) is 26.3 Å². The van der Waals surface area contributed by atoms with Gasteiger partial charge < -0.3 is 10.3 Å². The number of hydroxylamine groups is 2. The van der Waals surface area contributed by atoms with Crippen molar-refractivity contribution >= 4 is 0 Å². The Morgan fingerprint density at radius 1 is 1.70 bits per heavy atom. The molecule has 0 aromatic rings. The maximum absolute atomic E-state index is 10.9. The Kier molecular flexibility index (Phi) is 2.75. The highest BCUT2D eigenvalue weighted by Crippen LogP contribution is 2.17. The van der Waals surface area contributed by atoms with Gasteiger partial charge in [-0.05, 0) is 19.0 Å². The first-order valence-corrected chi connectivity index (χ1v) is 3.96. The molecule has 1 heterocycles. The second kappa shape index (κ2) is 3.62. The van der Waals surface area contributed by atoms with Crippen molar-refractivity contribution in [3.63, 3.8) is 0 Å². The number of hydrogen-bond donors (Lipinski definition) is 0. The highest BCUT2D eigenvalue weighted by Gasteiger charge is 2.09. The van der Waals surface area contributed by atoms with E-state index in [1.165, 1.54) is 12.8 Å². The van der Waals surface area contributed by atoms with Crippen molar-refractivity contribution in [3.8, 4) is 0 Å². The summed E-state index contributed by atoms with van der Waals surface area (Å²) in [6, 6.07) is 0.250. The van der Waals surface area contributed by atoms with Gasteiger partial charge in [0.25, 0.3) is 0 Å². The number of unbranched alkanes of at least 4 members (excludes halogenated alkanes) is 1. The van der Waals surface area contributed by atoms with E-state index in [1.54, 1.807) is 6.20 Å². The summed E-state index contributed by atoms with van der Waals surface area (Å²) in [6.07, 6.45) is 7.94. The fourth-order valence-electron chi connectivity index (χ4n) is 1.23. The molecule has 1 atom stereocenters. The van der Waals surface area contributed by atoms with Gasteiger partial charge in [-0.3, -0.25) is 0 Å². The average Bonchev–Trinajstić information content (AvgIpc) is 2.31. The van der Waals surface area contributed by atoms with Crippen LogP contribution < -0.4 is 0 Å². The van der Waals surface area contributed by atoms with E-state index in [2.05, 4.69) is 6.92 Å². The van der Waals surface area contributed by atoms with E-state index in [9.17, 15) is 5.21 Å². The summed E-state index contributed by atoms with van der Waals surface area (Å²) >= 11 is 0. The standard InChI is InChI=1S/C8H14NO/c1-2-3-5-8-6-4-7-9(8)10/h4,7-8H,2-3,5-6H2,1H3/q-1. The molecule has 2 heteroatoms. The van der Waals surface area contributed by atoms with Crippen molar-refractivity contribution in [1.82, 2.24) is 5.06 Å². The average molecular weight is 140 g/mol. The molecule has 0 aliphatic carbocycles. The lowest BCUT2D eigenvalue weighted by Crippen LogP contribution is -2.20. The van der Waals surface area contributed by atoms with E-state index in [0.29, 0.717) is 0 Å². The van der Waals surface area contributed by atoms with E-state index >= 15 is 0 Å². The maximum Gasteiger partial charge on any atom is 0.0205 e. The van der Waals surface area contributed by atoms with Crippen molar-refractivity contribution in [2.45, 2.75) is 38.6 Å². The quantitative estimate of drug-likeness (QED) is 0.601. The van der Waals surface area contributed by atoms with Crippen LogP contribution in [0.2, 0.25) is 0 Å². The summed E-state index contributed by atoms with van der Waals surface area (Å²) < 4.78 is 0. The van der Waals surface area contributed by atoms with Gasteiger partial charge in [0, 0.05) is 6.04 Å². The van der Waals surface area contributed by atoms with Crippen molar-refractivity contribution in [2.75, 3.05) is 0 Å². The van der Waals surface area contributed by atoms with Gasteiger partial charge in [-0.25, -0.2) is 0 Å². The van der Waals surface area contributed by atoms with Crippen molar-refractivity contribution < 1.29 is 0 Å². The van der Waals surface area contributed by atoms with Gasteiger partial charge in [-0.2, -0.15) is 0 Å². The first-order valence-electron chi connectivity index (χ1n) is 3.96. The zero-order chi connectivity index (χ0) is 7.40. The van der Waals surface area contributed by atoms with Crippen LogP contribution in [0.5, 0.6) is 0 Å². The van der Waals surface area contributed by atoms with Crippen LogP contribution in [0.25, 0.3) is 0 Å². The van der Waals surface area contributed by atoms with E-state index in [4.69, 9.17) is 0 Å². The molecule has 1 rings (SSSR count). The van der Waals surface area contributed by atoms with Gasteiger partial charge in [0.05, 0.1) is 0 Å². The third-order valence-corrected chi connectivity index (χ3v) is 1.91. The minimum absolute atomic E-state index is 0.250. The van der Waals surface area contributed by atoms with E-state index in [-0.39, 0.29) is 6.04 Å². The molecule has 2 nitrogen and oxygen atoms in total. The van der Waals surface area contributed by atoms with Crippen LogP contribution in [0, 0.1) is 5.21 Å². The van der Waals surface area contributed by atoms with Crippen molar-refractivity contribution in [2.24, 2.45) is 0 Å². The van der Waals surface area contributed by atoms with Crippen LogP contribution in [-0.2, 0) is 0 Å². The molecule has 0 radical (unpaired) electrons. The number of rotatable bonds is 3. The SMILES string of the molecule is CCCCC1CC=CN1[O-]. The van der Waals surface area contributed by atoms with E-state index < -0.39 is 0 Å². The second-order valence-electron chi connectivity index (χ2n) is 2.78. The Morgan fingerprint density at radius 3 is 3.00 bits per heavy atom. The van der Waals surface area contributed by atoms with E-state index in [0.717, 1.165) is 17.9 Å². The highest BCUT2D eigenvalue weighted by molar-refractivity contribution is 4.98. The lowest BCUT2D eigenvalue weighted by molar-refractivity contribution is 0.365. The Hall–Kier alpha value is -0.500. The third-order valence-electron chi connectivity index (χ3n) is 1.91. The number of nitrogens with zero attached hydrogens (tertiary/aromatic N) is 1. The molecular formula is C8H14NO-. The Labute approximate surface area is 62.1 Å². The second-order valence-corrected chi connectivity index (χ2v) is 2.78. The van der Waals surface area contributed by atoms with Gasteiger partial charge >= 0.3 is 0 Å². The van der Waals surface area contributed by atoms with Gasteiger partial charge in [0.1, 0.15) is 0 Å². The zero-order valence-corrected chi connectivity index (χ0v) is 6.42. The molecule has 0 saturated heterocycles. The highest BCUT2D eigenvalue weighted by atomic mass is 16.5. The van der Waals surface area contributed by atoms with Crippen molar-refractivity contribution in [1.29, 1.82) is 0 Å². The predicted octanol–water partition coefficient (Wildman–Crippen LogP) is 2.26. The largest absolute Gasteiger partial charge is 0.759 e. The molecule has 0 saturated carbocycles. The molecule has 1 unspecified atom stereocenters. The van der Waals surface area contributed by atoms with Gasteiger partial charge in [0.2, 0.25) is 0 Å². The molecule has 0 bridgehead atoms. The predicted molar refractivity (Wildman–Crippen MR) is 42.3 cm³/mol. The summed E-state index contributed by atoms with van der Waals surface area (Å²) in [5.41, 5.74) is 0. The third kappa shape index (κ3) is 1.74. The minimum atomic E-state index is 0.250. The molecule has 0 aromatic carbocycles. The first-order chi connectivity index (χ1) is 4.84. The van der Waals surface area contributed by atoms with Crippen LogP contribution in [0.15, 0.2) is 12.3 Å². The van der Waals surface area contributed by atoms with Crippen molar-refractivity contribution in [3.05, 3.63) is 17.5 Å². The smallest absolute Gasteiger partial charge is 0.0205 e. The molecule has 0 N–H and O–H groups in total. The first kappa shape index (κ1) is 7.61. The monoisotopic (exact) mass is 140 g/mol. The van der Waals surface area contributed by atoms with Crippen LogP contribution in [0.3, 0.4) is 0 Å². The Balaban J connectivity index is 2.17. The lowest BCUT2D eigenvalue weighted by atomic mass is 10.1. The molecule has 1 aliphatic heterocycles. The Bertz CT molecular complexity index is 122. The summed E-state index contributed by atoms with van der Waals surface area (Å²) in [6.45, 7) is 2.15.